The average Bonchev–Trinajstić information content (AvgIpc) is 3.23. The number of halogens is 2. The lowest BCUT2D eigenvalue weighted by Gasteiger charge is -2.27. The molecule has 4 rings (SSSR count). The Labute approximate surface area is 205 Å². The lowest BCUT2D eigenvalue weighted by atomic mass is 10.1. The fraction of sp³-hybridized carbons (Fsp3) is 0.391. The van der Waals surface area contributed by atoms with E-state index in [-0.39, 0.29) is 37.2 Å². The Morgan fingerprint density at radius 1 is 1.19 bits per heavy atom. The molecule has 0 saturated carbocycles. The molecule has 1 aliphatic heterocycles. The molecule has 9 heteroatoms. The number of esters is 1. The van der Waals surface area contributed by atoms with E-state index in [1.165, 1.54) is 0 Å². The van der Waals surface area contributed by atoms with Gasteiger partial charge in [0.25, 0.3) is 0 Å². The maximum absolute atomic E-state index is 11.7. The van der Waals surface area contributed by atoms with Crippen LogP contribution in [0.3, 0.4) is 0 Å². The van der Waals surface area contributed by atoms with E-state index in [4.69, 9.17) is 9.47 Å². The largest absolute Gasteiger partial charge is 0.492 e. The molecule has 174 valence electrons. The fourth-order valence-corrected chi connectivity index (χ4v) is 4.42. The zero-order valence-electron chi connectivity index (χ0n) is 18.0. The van der Waals surface area contributed by atoms with Crippen LogP contribution in [0.2, 0.25) is 0 Å². The molecule has 32 heavy (non-hydrogen) atoms. The summed E-state index contributed by atoms with van der Waals surface area (Å²) in [6, 6.07) is 12.4. The predicted molar refractivity (Wildman–Crippen MR) is 135 cm³/mol. The van der Waals surface area contributed by atoms with Gasteiger partial charge in [0.2, 0.25) is 0 Å². The Balaban J connectivity index is 0.00000181. The maximum atomic E-state index is 11.7. The monoisotopic (exact) mass is 497 g/mol. The van der Waals surface area contributed by atoms with Gasteiger partial charge >= 0.3 is 5.97 Å². The molecule has 0 spiro atoms. The van der Waals surface area contributed by atoms with Gasteiger partial charge in [-0.15, -0.1) is 36.2 Å². The quantitative estimate of drug-likeness (QED) is 0.470. The zero-order chi connectivity index (χ0) is 20.8. The van der Waals surface area contributed by atoms with Crippen LogP contribution in [0.25, 0.3) is 21.3 Å². The van der Waals surface area contributed by atoms with Gasteiger partial charge in [0.15, 0.2) is 0 Å². The number of nitrogens with one attached hydrogen (secondary N) is 1. The minimum Gasteiger partial charge on any atom is -0.492 e. The van der Waals surface area contributed by atoms with Crippen molar-refractivity contribution in [3.8, 4) is 16.3 Å². The van der Waals surface area contributed by atoms with Crippen molar-refractivity contribution in [3.05, 3.63) is 47.5 Å². The molecule has 1 aliphatic rings. The van der Waals surface area contributed by atoms with Gasteiger partial charge in [0.05, 0.1) is 18.7 Å². The van der Waals surface area contributed by atoms with Crippen LogP contribution in [0.15, 0.2) is 41.8 Å². The molecule has 2 aromatic carbocycles. The van der Waals surface area contributed by atoms with Gasteiger partial charge in [0.1, 0.15) is 17.4 Å². The smallest absolute Gasteiger partial charge is 0.311 e. The van der Waals surface area contributed by atoms with Gasteiger partial charge in [-0.2, -0.15) is 0 Å². The summed E-state index contributed by atoms with van der Waals surface area (Å²) in [6.07, 6.45) is 0.207. The summed E-state index contributed by atoms with van der Waals surface area (Å²) in [7, 11) is 0. The molecule has 2 heterocycles. The second kappa shape index (κ2) is 13.0. The molecule has 0 bridgehead atoms. The number of benzene rings is 2. The van der Waals surface area contributed by atoms with E-state index in [9.17, 15) is 4.79 Å². The van der Waals surface area contributed by atoms with Crippen LogP contribution in [0, 0.1) is 0 Å². The number of rotatable bonds is 8. The minimum absolute atomic E-state index is 0. The fourth-order valence-electron chi connectivity index (χ4n) is 3.60. The molecule has 0 atom stereocenters. The Morgan fingerprint density at radius 2 is 2.00 bits per heavy atom. The molecule has 3 aromatic rings. The zero-order valence-corrected chi connectivity index (χ0v) is 20.5. The third kappa shape index (κ3) is 6.80. The van der Waals surface area contributed by atoms with Crippen LogP contribution in [-0.4, -0.2) is 61.8 Å². The van der Waals surface area contributed by atoms with Crippen molar-refractivity contribution in [2.24, 2.45) is 0 Å². The number of nitrogens with zero attached hydrogens (tertiary/aromatic N) is 2. The summed E-state index contributed by atoms with van der Waals surface area (Å²) in [5.74, 6) is 0.654. The van der Waals surface area contributed by atoms with Crippen LogP contribution in [0.1, 0.15) is 12.6 Å². The molecule has 0 radical (unpaired) electrons. The number of piperazine rings is 1. The topological polar surface area (TPSA) is 63.7 Å². The summed E-state index contributed by atoms with van der Waals surface area (Å²) < 4.78 is 11.2. The first kappa shape index (κ1) is 26.4. The second-order valence-electron chi connectivity index (χ2n) is 7.26. The molecule has 6 nitrogen and oxygen atoms in total. The molecule has 1 saturated heterocycles. The van der Waals surface area contributed by atoms with Crippen LogP contribution in [0.4, 0.5) is 0 Å². The number of thiazole rings is 1. The number of hydrogen-bond acceptors (Lipinski definition) is 7. The Hall–Kier alpha value is -1.90. The SMILES string of the molecule is CCOC(=O)Cc1csc(-c2ccc3cccc(OCCN4CCNCC4)c3c2)n1.Cl.Cl. The Morgan fingerprint density at radius 3 is 2.78 bits per heavy atom. The Kier molecular flexibility index (Phi) is 10.7. The highest BCUT2D eigenvalue weighted by Gasteiger charge is 2.12. The molecular weight excluding hydrogens is 469 g/mol. The van der Waals surface area contributed by atoms with E-state index in [1.807, 2.05) is 24.4 Å². The third-order valence-corrected chi connectivity index (χ3v) is 6.09. The van der Waals surface area contributed by atoms with Crippen molar-refractivity contribution in [2.45, 2.75) is 13.3 Å². The van der Waals surface area contributed by atoms with Gasteiger partial charge < -0.3 is 14.8 Å². The highest BCUT2D eigenvalue weighted by molar-refractivity contribution is 7.13. The predicted octanol–water partition coefficient (Wildman–Crippen LogP) is 4.20. The van der Waals surface area contributed by atoms with Gasteiger partial charge in [-0.3, -0.25) is 9.69 Å². The first-order valence-electron chi connectivity index (χ1n) is 10.4. The highest BCUT2D eigenvalue weighted by Crippen LogP contribution is 2.32. The van der Waals surface area contributed by atoms with E-state index >= 15 is 0 Å². The lowest BCUT2D eigenvalue weighted by Crippen LogP contribution is -2.44. The van der Waals surface area contributed by atoms with Crippen LogP contribution >= 0.6 is 36.2 Å². The second-order valence-corrected chi connectivity index (χ2v) is 8.12. The third-order valence-electron chi connectivity index (χ3n) is 5.15. The standard InChI is InChI=1S/C23H27N3O3S.2ClH/c1-2-28-22(27)15-19-16-30-23(25-19)18-7-6-17-4-3-5-21(20(17)14-18)29-13-12-26-10-8-24-9-11-26;;/h3-7,14,16,24H,2,8-13,15H2,1H3;2*1H. The van der Waals surface area contributed by atoms with Gasteiger partial charge in [0, 0.05) is 49.1 Å². The van der Waals surface area contributed by atoms with E-state index in [0.717, 1.165) is 65.5 Å². The van der Waals surface area contributed by atoms with E-state index < -0.39 is 0 Å². The first-order valence-corrected chi connectivity index (χ1v) is 11.3. The normalized spacial score (nSPS) is 13.8. The van der Waals surface area contributed by atoms with Crippen LogP contribution in [0.5, 0.6) is 5.75 Å². The number of fused-ring (bicyclic) bond motifs is 1. The molecule has 0 aliphatic carbocycles. The van der Waals surface area contributed by atoms with E-state index in [0.29, 0.717) is 13.2 Å². The molecule has 1 fully saturated rings. The Bertz CT molecular complexity index is 1010. The summed E-state index contributed by atoms with van der Waals surface area (Å²) in [6.45, 7) is 8.03. The average molecular weight is 498 g/mol. The van der Waals surface area contributed by atoms with Gasteiger partial charge in [-0.25, -0.2) is 4.98 Å². The maximum Gasteiger partial charge on any atom is 0.311 e. The summed E-state index contributed by atoms with van der Waals surface area (Å²) in [5, 5.41) is 8.41. The van der Waals surface area contributed by atoms with Crippen molar-refractivity contribution < 1.29 is 14.3 Å². The summed E-state index contributed by atoms with van der Waals surface area (Å²) in [4.78, 5) is 18.8. The minimum atomic E-state index is -0.243. The molecule has 0 unspecified atom stereocenters. The van der Waals surface area contributed by atoms with Gasteiger partial charge in [-0.1, -0.05) is 24.3 Å². The van der Waals surface area contributed by atoms with Crippen molar-refractivity contribution in [3.63, 3.8) is 0 Å². The number of carbonyl (C=O) groups is 1. The van der Waals surface area contributed by atoms with Crippen LogP contribution in [-0.2, 0) is 16.0 Å². The van der Waals surface area contributed by atoms with Crippen molar-refractivity contribution in [1.82, 2.24) is 15.2 Å². The molecular formula is C23H29Cl2N3O3S. The number of aromatic nitrogens is 1. The van der Waals surface area contributed by atoms with Crippen LogP contribution < -0.4 is 10.1 Å². The van der Waals surface area contributed by atoms with Gasteiger partial charge in [-0.05, 0) is 24.4 Å². The number of carbonyl (C=O) groups excluding carboxylic acids is 1. The number of hydrogen-bond donors (Lipinski definition) is 1. The van der Waals surface area contributed by atoms with Crippen molar-refractivity contribution in [1.29, 1.82) is 0 Å². The summed E-state index contributed by atoms with van der Waals surface area (Å²) >= 11 is 1.54. The lowest BCUT2D eigenvalue weighted by molar-refractivity contribution is -0.142. The molecule has 1 N–H and O–H groups in total. The highest BCUT2D eigenvalue weighted by atomic mass is 35.5. The number of ether oxygens (including phenoxy) is 2. The van der Waals surface area contributed by atoms with Crippen molar-refractivity contribution >= 4 is 52.9 Å². The van der Waals surface area contributed by atoms with E-state index in [1.54, 1.807) is 11.3 Å². The first-order chi connectivity index (χ1) is 14.7. The van der Waals surface area contributed by atoms with Crippen molar-refractivity contribution in [2.75, 3.05) is 45.9 Å². The molecule has 1 aromatic heterocycles. The summed E-state index contributed by atoms with van der Waals surface area (Å²) in [5.41, 5.74) is 1.77. The van der Waals surface area contributed by atoms with E-state index in [2.05, 4.69) is 39.5 Å². The molecule has 0 amide bonds.